The number of nitrogens with one attached hydrogen (secondary N) is 1. The first-order valence-electron chi connectivity index (χ1n) is 12.4. The molecule has 2 amide bonds. The van der Waals surface area contributed by atoms with Gasteiger partial charge in [-0.2, -0.15) is 0 Å². The number of carbonyl (C=O) groups is 2. The molecular formula is C27H34N4O6. The van der Waals surface area contributed by atoms with Gasteiger partial charge in [-0.05, 0) is 63.1 Å². The van der Waals surface area contributed by atoms with E-state index in [1.807, 2.05) is 51.1 Å². The highest BCUT2D eigenvalue weighted by atomic mass is 16.6. The number of rotatable bonds is 6. The van der Waals surface area contributed by atoms with Crippen LogP contribution in [0.3, 0.4) is 0 Å². The molecule has 1 aliphatic heterocycles. The maximum absolute atomic E-state index is 12.5. The molecule has 2 aromatic carbocycles. The van der Waals surface area contributed by atoms with Gasteiger partial charge in [-0.25, -0.2) is 9.59 Å². The number of nitrogens with zero attached hydrogens (tertiary/aromatic N) is 3. The van der Waals surface area contributed by atoms with Crippen molar-refractivity contribution in [3.8, 4) is 0 Å². The number of anilines is 2. The van der Waals surface area contributed by atoms with Gasteiger partial charge in [0.05, 0.1) is 10.6 Å². The van der Waals surface area contributed by atoms with E-state index >= 15 is 0 Å². The van der Waals surface area contributed by atoms with Crippen molar-refractivity contribution in [3.05, 3.63) is 64.2 Å². The van der Waals surface area contributed by atoms with Crippen molar-refractivity contribution in [1.29, 1.82) is 0 Å². The Kier molecular flexibility index (Phi) is 7.29. The van der Waals surface area contributed by atoms with Crippen LogP contribution in [-0.4, -0.2) is 53.8 Å². The molecule has 10 heteroatoms. The lowest BCUT2D eigenvalue weighted by Gasteiger charge is -2.45. The van der Waals surface area contributed by atoms with Crippen LogP contribution in [0.4, 0.5) is 26.7 Å². The second-order valence-corrected chi connectivity index (χ2v) is 11.0. The number of likely N-dealkylation sites (tertiary alicyclic amines) is 1. The smallest absolute Gasteiger partial charge is 0.414 e. The van der Waals surface area contributed by atoms with Crippen LogP contribution in [0, 0.1) is 15.5 Å². The average Bonchev–Trinajstić information content (AvgIpc) is 3.27. The van der Waals surface area contributed by atoms with Crippen LogP contribution < -0.4 is 10.2 Å². The SMILES string of the molecule is CN(C(=O)OCc1ccccc1)c1ccc(NC2CC3(CCN(C(=O)OC(C)(C)C)C3)C2)c([N+](=O)[O-])c1. The van der Waals surface area contributed by atoms with E-state index in [-0.39, 0.29) is 29.8 Å². The summed E-state index contributed by atoms with van der Waals surface area (Å²) in [7, 11) is 1.52. The fraction of sp³-hybridized carbons (Fsp3) is 0.481. The van der Waals surface area contributed by atoms with Crippen LogP contribution in [0.2, 0.25) is 0 Å². The first-order chi connectivity index (χ1) is 17.4. The summed E-state index contributed by atoms with van der Waals surface area (Å²) in [5, 5.41) is 15.1. The number of benzene rings is 2. The van der Waals surface area contributed by atoms with Crippen LogP contribution >= 0.6 is 0 Å². The maximum atomic E-state index is 12.5. The number of carbonyl (C=O) groups excluding carboxylic acids is 2. The molecule has 198 valence electrons. The van der Waals surface area contributed by atoms with Crippen LogP contribution in [-0.2, 0) is 16.1 Å². The van der Waals surface area contributed by atoms with E-state index in [2.05, 4.69) is 5.32 Å². The molecule has 0 radical (unpaired) electrons. The largest absolute Gasteiger partial charge is 0.444 e. The van der Waals surface area contributed by atoms with Crippen molar-refractivity contribution in [3.63, 3.8) is 0 Å². The second kappa shape index (κ2) is 10.3. The Labute approximate surface area is 216 Å². The third kappa shape index (κ3) is 6.31. The molecule has 0 aromatic heterocycles. The highest BCUT2D eigenvalue weighted by Gasteiger charge is 2.50. The van der Waals surface area contributed by atoms with Crippen molar-refractivity contribution in [2.24, 2.45) is 5.41 Å². The number of nitro groups is 1. The minimum Gasteiger partial charge on any atom is -0.444 e. The Bertz CT molecular complexity index is 1160. The van der Waals surface area contributed by atoms with Gasteiger partial charge in [0, 0.05) is 32.2 Å². The molecule has 1 spiro atoms. The summed E-state index contributed by atoms with van der Waals surface area (Å²) in [6.45, 7) is 6.96. The second-order valence-electron chi connectivity index (χ2n) is 11.0. The number of hydrogen-bond acceptors (Lipinski definition) is 7. The highest BCUT2D eigenvalue weighted by Crippen LogP contribution is 2.50. The van der Waals surface area contributed by atoms with E-state index in [1.165, 1.54) is 18.0 Å². The molecule has 2 aliphatic rings. The Balaban J connectivity index is 1.34. The number of amides is 2. The summed E-state index contributed by atoms with van der Waals surface area (Å²) < 4.78 is 10.8. The van der Waals surface area contributed by atoms with E-state index in [9.17, 15) is 19.7 Å². The third-order valence-corrected chi connectivity index (χ3v) is 6.85. The summed E-state index contributed by atoms with van der Waals surface area (Å²) >= 11 is 0. The van der Waals surface area contributed by atoms with Crippen LogP contribution in [0.1, 0.15) is 45.6 Å². The van der Waals surface area contributed by atoms with Gasteiger partial charge >= 0.3 is 12.2 Å². The molecular weight excluding hydrogens is 476 g/mol. The van der Waals surface area contributed by atoms with Gasteiger partial charge in [-0.15, -0.1) is 0 Å². The minimum atomic E-state index is -0.601. The molecule has 37 heavy (non-hydrogen) atoms. The molecule has 0 unspecified atom stereocenters. The molecule has 1 saturated heterocycles. The normalized spacial score (nSPS) is 20.8. The zero-order valence-electron chi connectivity index (χ0n) is 21.7. The Morgan fingerprint density at radius 3 is 2.54 bits per heavy atom. The van der Waals surface area contributed by atoms with E-state index in [1.54, 1.807) is 17.0 Å². The topological polar surface area (TPSA) is 114 Å². The maximum Gasteiger partial charge on any atom is 0.414 e. The van der Waals surface area contributed by atoms with Gasteiger partial charge < -0.3 is 19.7 Å². The van der Waals surface area contributed by atoms with E-state index < -0.39 is 16.6 Å². The van der Waals surface area contributed by atoms with Gasteiger partial charge in [0.15, 0.2) is 0 Å². The standard InChI is InChI=1S/C27H34N4O6/c1-26(2,3)37-25(33)30-13-12-27(18-30)15-20(16-27)28-22-11-10-21(14-23(22)31(34)35)29(4)24(32)36-17-19-8-6-5-7-9-19/h5-11,14,20,28H,12-13,15-18H2,1-4H3. The molecule has 1 N–H and O–H groups in total. The lowest BCUT2D eigenvalue weighted by molar-refractivity contribution is -0.383. The fourth-order valence-electron chi connectivity index (χ4n) is 4.98. The Morgan fingerprint density at radius 2 is 1.89 bits per heavy atom. The van der Waals surface area contributed by atoms with E-state index in [0.29, 0.717) is 24.5 Å². The van der Waals surface area contributed by atoms with Gasteiger partial charge in [-0.3, -0.25) is 15.0 Å². The molecule has 4 rings (SSSR count). The zero-order valence-corrected chi connectivity index (χ0v) is 21.7. The number of hydrogen-bond donors (Lipinski definition) is 1. The highest BCUT2D eigenvalue weighted by molar-refractivity contribution is 5.88. The Morgan fingerprint density at radius 1 is 1.19 bits per heavy atom. The summed E-state index contributed by atoms with van der Waals surface area (Å²) in [6, 6.07) is 14.0. The summed E-state index contributed by atoms with van der Waals surface area (Å²) in [6.07, 6.45) is 1.63. The van der Waals surface area contributed by atoms with Crippen molar-refractivity contribution < 1.29 is 24.0 Å². The quantitative estimate of drug-likeness (QED) is 0.399. The number of nitro benzene ring substituents is 1. The molecule has 0 atom stereocenters. The van der Waals surface area contributed by atoms with Gasteiger partial charge in [-0.1, -0.05) is 30.3 Å². The first-order valence-corrected chi connectivity index (χ1v) is 12.4. The summed E-state index contributed by atoms with van der Waals surface area (Å²) in [4.78, 5) is 39.3. The molecule has 1 heterocycles. The monoisotopic (exact) mass is 510 g/mol. The fourth-order valence-corrected chi connectivity index (χ4v) is 4.98. The lowest BCUT2D eigenvalue weighted by atomic mass is 9.65. The summed E-state index contributed by atoms with van der Waals surface area (Å²) in [5.74, 6) is 0. The van der Waals surface area contributed by atoms with E-state index in [4.69, 9.17) is 9.47 Å². The van der Waals surface area contributed by atoms with Crippen LogP contribution in [0.25, 0.3) is 0 Å². The molecule has 1 saturated carbocycles. The van der Waals surface area contributed by atoms with Crippen molar-refractivity contribution in [2.75, 3.05) is 30.4 Å². The van der Waals surface area contributed by atoms with Gasteiger partial charge in [0.2, 0.25) is 0 Å². The van der Waals surface area contributed by atoms with Crippen molar-refractivity contribution >= 4 is 29.2 Å². The zero-order chi connectivity index (χ0) is 26.8. The minimum absolute atomic E-state index is 0.0199. The predicted octanol–water partition coefficient (Wildman–Crippen LogP) is 5.57. The van der Waals surface area contributed by atoms with Crippen LogP contribution in [0.15, 0.2) is 48.5 Å². The van der Waals surface area contributed by atoms with Gasteiger partial charge in [0.1, 0.15) is 17.9 Å². The summed E-state index contributed by atoms with van der Waals surface area (Å²) in [5.41, 5.74) is 0.999. The molecule has 2 fully saturated rings. The predicted molar refractivity (Wildman–Crippen MR) is 140 cm³/mol. The average molecular weight is 511 g/mol. The van der Waals surface area contributed by atoms with Gasteiger partial charge in [0.25, 0.3) is 5.69 Å². The van der Waals surface area contributed by atoms with Crippen LogP contribution in [0.5, 0.6) is 0 Å². The lowest BCUT2D eigenvalue weighted by Crippen LogP contribution is -2.47. The van der Waals surface area contributed by atoms with E-state index in [0.717, 1.165) is 24.8 Å². The molecule has 10 nitrogen and oxygen atoms in total. The third-order valence-electron chi connectivity index (χ3n) is 6.85. The Hall–Kier alpha value is -3.82. The van der Waals surface area contributed by atoms with Crippen molar-refractivity contribution in [1.82, 2.24) is 4.90 Å². The molecule has 2 aromatic rings. The first kappa shape index (κ1) is 26.2. The molecule has 1 aliphatic carbocycles. The van der Waals surface area contributed by atoms with Crippen molar-refractivity contribution in [2.45, 2.75) is 58.3 Å². The molecule has 0 bridgehead atoms. The number of ether oxygens (including phenoxy) is 2.